The molecule has 2 unspecified atom stereocenters. The zero-order valence-corrected chi connectivity index (χ0v) is 23.2. The van der Waals surface area contributed by atoms with Crippen LogP contribution in [0.2, 0.25) is 0 Å². The second-order valence-electron chi connectivity index (χ2n) is 8.99. The van der Waals surface area contributed by atoms with Crippen molar-refractivity contribution in [3.63, 3.8) is 0 Å². The van der Waals surface area contributed by atoms with Crippen molar-refractivity contribution in [1.82, 2.24) is 0 Å². The largest absolute Gasteiger partial charge is 1.00 e. The molecule has 0 saturated carbocycles. The van der Waals surface area contributed by atoms with E-state index in [2.05, 4.69) is 6.92 Å². The van der Waals surface area contributed by atoms with Gasteiger partial charge in [0.25, 0.3) is 0 Å². The summed E-state index contributed by atoms with van der Waals surface area (Å²) in [5.41, 5.74) is 0. The van der Waals surface area contributed by atoms with Gasteiger partial charge in [-0.2, -0.15) is 0 Å². The van der Waals surface area contributed by atoms with Crippen molar-refractivity contribution in [2.45, 2.75) is 154 Å². The van der Waals surface area contributed by atoms with Crippen LogP contribution in [0.5, 0.6) is 0 Å². The molecule has 0 aliphatic rings. The van der Waals surface area contributed by atoms with E-state index >= 15 is 0 Å². The second kappa shape index (κ2) is 23.0. The Morgan fingerprint density at radius 1 is 0.633 bits per heavy atom. The van der Waals surface area contributed by atoms with Gasteiger partial charge < -0.3 is 9.66 Å². The third kappa shape index (κ3) is 23.5. The Morgan fingerprint density at radius 2 is 0.933 bits per heavy atom. The molecule has 0 aromatic heterocycles. The third-order valence-corrected chi connectivity index (χ3v) is 7.22. The van der Waals surface area contributed by atoms with Gasteiger partial charge in [-0.15, -0.1) is 0 Å². The Hall–Kier alpha value is 0.870. The minimum absolute atomic E-state index is 0. The minimum Gasteiger partial charge on any atom is -0.748 e. The minimum atomic E-state index is -4.16. The summed E-state index contributed by atoms with van der Waals surface area (Å²) < 4.78 is 34.6. The van der Waals surface area contributed by atoms with E-state index in [9.17, 15) is 18.1 Å². The van der Waals surface area contributed by atoms with Crippen LogP contribution in [0.25, 0.3) is 0 Å². The maximum absolute atomic E-state index is 11.5. The molecule has 0 saturated heterocycles. The average molecular weight is 457 g/mol. The first-order valence-electron chi connectivity index (χ1n) is 12.5. The van der Waals surface area contributed by atoms with Gasteiger partial charge in [-0.25, -0.2) is 8.42 Å². The summed E-state index contributed by atoms with van der Waals surface area (Å²) >= 11 is 0. The van der Waals surface area contributed by atoms with Gasteiger partial charge in [0.15, 0.2) is 0 Å². The van der Waals surface area contributed by atoms with Crippen LogP contribution in [0.15, 0.2) is 0 Å². The Morgan fingerprint density at radius 3 is 1.23 bits per heavy atom. The van der Waals surface area contributed by atoms with Crippen molar-refractivity contribution >= 4 is 10.1 Å². The van der Waals surface area contributed by atoms with Crippen LogP contribution < -0.4 is 29.6 Å². The smallest absolute Gasteiger partial charge is 0.748 e. The second-order valence-corrected chi connectivity index (χ2v) is 10.6. The normalized spacial score (nSPS) is 13.7. The van der Waals surface area contributed by atoms with Gasteiger partial charge in [0.2, 0.25) is 0 Å². The number of unbranched alkanes of at least 4 members (excludes halogenated alkanes) is 15. The molecule has 176 valence electrons. The van der Waals surface area contributed by atoms with E-state index in [0.717, 1.165) is 51.4 Å². The Kier molecular flexibility index (Phi) is 25.4. The standard InChI is InChI=1S/C24H50O4S.Na/c1-3-4-5-6-7-8-12-15-18-21-24(29(26,27)28)22-19-16-13-10-9-11-14-17-20-23(2)25;/h23-25H,3-22H2,1-2H3,(H,26,27,28);/q;+1/p-1. The van der Waals surface area contributed by atoms with Crippen LogP contribution in [0.1, 0.15) is 142 Å². The fraction of sp³-hybridized carbons (Fsp3) is 1.00. The first-order chi connectivity index (χ1) is 13.9. The molecule has 0 fully saturated rings. The predicted octanol–water partition coefficient (Wildman–Crippen LogP) is 4.11. The summed E-state index contributed by atoms with van der Waals surface area (Å²) in [6, 6.07) is 0. The van der Waals surface area contributed by atoms with Crippen molar-refractivity contribution in [2.24, 2.45) is 0 Å². The van der Waals surface area contributed by atoms with E-state index in [-0.39, 0.29) is 35.7 Å². The molecular formula is C24H49NaO4S. The first-order valence-corrected chi connectivity index (χ1v) is 14.0. The molecule has 0 aliphatic heterocycles. The summed E-state index contributed by atoms with van der Waals surface area (Å²) in [5, 5.41) is 8.54. The number of aliphatic hydroxyl groups is 1. The number of aliphatic hydroxyl groups excluding tert-OH is 1. The molecule has 0 bridgehead atoms. The summed E-state index contributed by atoms with van der Waals surface area (Å²) in [4.78, 5) is 0. The van der Waals surface area contributed by atoms with Gasteiger partial charge in [-0.3, -0.25) is 0 Å². The first kappa shape index (κ1) is 33.0. The fourth-order valence-corrected chi connectivity index (χ4v) is 4.90. The fourth-order valence-electron chi connectivity index (χ4n) is 3.99. The Bertz CT molecular complexity index is 440. The van der Waals surface area contributed by atoms with Gasteiger partial charge in [0, 0.05) is 5.25 Å². The summed E-state index contributed by atoms with van der Waals surface area (Å²) in [5.74, 6) is 0. The topological polar surface area (TPSA) is 77.4 Å². The molecular weight excluding hydrogens is 407 g/mol. The van der Waals surface area contributed by atoms with Crippen LogP contribution in [-0.2, 0) is 10.1 Å². The molecule has 0 radical (unpaired) electrons. The molecule has 30 heavy (non-hydrogen) atoms. The Labute approximate surface area is 210 Å². The van der Waals surface area contributed by atoms with Crippen molar-refractivity contribution in [1.29, 1.82) is 0 Å². The van der Waals surface area contributed by atoms with Crippen LogP contribution in [-0.4, -0.2) is 29.4 Å². The Balaban J connectivity index is 0. The summed E-state index contributed by atoms with van der Waals surface area (Å²) in [6.07, 6.45) is 21.5. The molecule has 6 heteroatoms. The monoisotopic (exact) mass is 456 g/mol. The van der Waals surface area contributed by atoms with E-state index in [1.807, 2.05) is 6.92 Å². The van der Waals surface area contributed by atoms with Crippen LogP contribution >= 0.6 is 0 Å². The number of hydrogen-bond acceptors (Lipinski definition) is 4. The van der Waals surface area contributed by atoms with E-state index < -0.39 is 15.4 Å². The van der Waals surface area contributed by atoms with Gasteiger partial charge >= 0.3 is 29.6 Å². The van der Waals surface area contributed by atoms with Gasteiger partial charge in [-0.1, -0.05) is 116 Å². The zero-order valence-electron chi connectivity index (χ0n) is 20.4. The molecule has 0 aliphatic carbocycles. The third-order valence-electron chi connectivity index (χ3n) is 5.94. The molecule has 4 nitrogen and oxygen atoms in total. The molecule has 0 spiro atoms. The van der Waals surface area contributed by atoms with Gasteiger partial charge in [0.1, 0.15) is 0 Å². The number of rotatable bonds is 22. The molecule has 0 aromatic rings. The van der Waals surface area contributed by atoms with E-state index in [1.54, 1.807) is 0 Å². The summed E-state index contributed by atoms with van der Waals surface area (Å²) in [7, 11) is -4.16. The molecule has 0 aromatic carbocycles. The van der Waals surface area contributed by atoms with Crippen molar-refractivity contribution in [2.75, 3.05) is 0 Å². The SMILES string of the molecule is CCCCCCCCCCCC(CCCCCCCCCCC(C)O)S(=O)(=O)[O-].[Na+]. The average Bonchev–Trinajstić information content (AvgIpc) is 2.65. The molecule has 1 N–H and O–H groups in total. The predicted molar refractivity (Wildman–Crippen MR) is 123 cm³/mol. The van der Waals surface area contributed by atoms with E-state index in [0.29, 0.717) is 12.8 Å². The van der Waals surface area contributed by atoms with Gasteiger partial charge in [0.05, 0.1) is 16.2 Å². The van der Waals surface area contributed by atoms with E-state index in [1.165, 1.54) is 64.2 Å². The molecule has 0 amide bonds. The zero-order chi connectivity index (χ0) is 21.8. The summed E-state index contributed by atoms with van der Waals surface area (Å²) in [6.45, 7) is 4.06. The van der Waals surface area contributed by atoms with Gasteiger partial charge in [-0.05, 0) is 26.2 Å². The quantitative estimate of drug-likeness (QED) is 0.151. The van der Waals surface area contributed by atoms with Crippen LogP contribution in [0.3, 0.4) is 0 Å². The maximum Gasteiger partial charge on any atom is 1.00 e. The van der Waals surface area contributed by atoms with Crippen LogP contribution in [0, 0.1) is 0 Å². The maximum atomic E-state index is 11.5. The van der Waals surface area contributed by atoms with Crippen molar-refractivity contribution < 1.29 is 47.6 Å². The van der Waals surface area contributed by atoms with Crippen molar-refractivity contribution in [3.8, 4) is 0 Å². The molecule has 2 atom stereocenters. The number of hydrogen-bond donors (Lipinski definition) is 1. The van der Waals surface area contributed by atoms with Crippen molar-refractivity contribution in [3.05, 3.63) is 0 Å². The molecule has 0 rings (SSSR count). The van der Waals surface area contributed by atoms with E-state index in [4.69, 9.17) is 0 Å². The molecule has 0 heterocycles. The van der Waals surface area contributed by atoms with Crippen LogP contribution in [0.4, 0.5) is 0 Å².